The lowest BCUT2D eigenvalue weighted by Gasteiger charge is -2.25. The van der Waals surface area contributed by atoms with Gasteiger partial charge in [-0.3, -0.25) is 4.57 Å². The molecule has 0 aromatic carbocycles. The molecule has 1 unspecified atom stereocenters. The molecule has 5 atom stereocenters. The molecular formula is C25H38ClN4O7P. The number of nitrogens with one attached hydrogen (secondary N) is 1. The largest absolute Gasteiger partial charge is 0.367 e. The maximum absolute atomic E-state index is 13.0. The van der Waals surface area contributed by atoms with E-state index in [1.807, 2.05) is 30.7 Å². The lowest BCUT2D eigenvalue weighted by atomic mass is 10.1. The fourth-order valence-electron chi connectivity index (χ4n) is 5.50. The quantitative estimate of drug-likeness (QED) is 0.274. The van der Waals surface area contributed by atoms with Crippen LogP contribution in [-0.2, 0) is 32.6 Å². The minimum Gasteiger partial charge on any atom is -0.367 e. The average Bonchev–Trinajstić information content (AvgIpc) is 3.58. The van der Waals surface area contributed by atoms with Crippen molar-refractivity contribution in [3.8, 4) is 0 Å². The van der Waals surface area contributed by atoms with Crippen LogP contribution < -0.4 is 5.32 Å². The van der Waals surface area contributed by atoms with Crippen molar-refractivity contribution in [2.45, 2.75) is 103 Å². The molecule has 1 aliphatic carbocycles. The van der Waals surface area contributed by atoms with E-state index in [1.165, 1.54) is 12.8 Å². The van der Waals surface area contributed by atoms with Gasteiger partial charge in [0.2, 0.25) is 5.28 Å². The summed E-state index contributed by atoms with van der Waals surface area (Å²) in [6.45, 7) is 9.50. The molecule has 0 amide bonds. The van der Waals surface area contributed by atoms with Gasteiger partial charge in [0.1, 0.15) is 36.1 Å². The highest BCUT2D eigenvalue weighted by Gasteiger charge is 2.56. The Kier molecular flexibility index (Phi) is 8.39. The molecule has 5 rings (SSSR count). The molecule has 2 aliphatic heterocycles. The van der Waals surface area contributed by atoms with Gasteiger partial charge in [0.05, 0.1) is 24.7 Å². The van der Waals surface area contributed by atoms with E-state index in [4.69, 9.17) is 39.6 Å². The van der Waals surface area contributed by atoms with Crippen molar-refractivity contribution in [2.24, 2.45) is 0 Å². The second kappa shape index (κ2) is 11.3. The number of rotatable bonds is 11. The summed E-state index contributed by atoms with van der Waals surface area (Å²) in [5.41, 5.74) is 0.648. The summed E-state index contributed by atoms with van der Waals surface area (Å²) >= 11 is 6.36. The molecule has 3 aliphatic rings. The summed E-state index contributed by atoms with van der Waals surface area (Å²) in [5.74, 6) is -0.0808. The van der Waals surface area contributed by atoms with Crippen LogP contribution in [-0.4, -0.2) is 70.3 Å². The van der Waals surface area contributed by atoms with Gasteiger partial charge in [-0.2, -0.15) is 4.98 Å². The molecule has 38 heavy (non-hydrogen) atoms. The molecule has 2 aromatic rings. The van der Waals surface area contributed by atoms with E-state index < -0.39 is 37.9 Å². The van der Waals surface area contributed by atoms with Gasteiger partial charge >= 0.3 is 7.60 Å². The molecule has 2 aromatic heterocycles. The molecule has 2 saturated heterocycles. The first-order chi connectivity index (χ1) is 18.1. The topological polar surface area (TPSA) is 115 Å². The molecule has 4 heterocycles. The monoisotopic (exact) mass is 572 g/mol. The van der Waals surface area contributed by atoms with Crippen molar-refractivity contribution in [1.29, 1.82) is 0 Å². The Morgan fingerprint density at radius 2 is 1.97 bits per heavy atom. The molecule has 212 valence electrons. The van der Waals surface area contributed by atoms with Gasteiger partial charge < -0.3 is 37.9 Å². The van der Waals surface area contributed by atoms with Crippen LogP contribution in [0.3, 0.4) is 0 Å². The average molecular weight is 573 g/mol. The number of nitrogens with zero attached hydrogens (tertiary/aromatic N) is 3. The number of hydrogen-bond donors (Lipinski definition) is 1. The third-order valence-corrected chi connectivity index (χ3v) is 8.93. The summed E-state index contributed by atoms with van der Waals surface area (Å²) in [6, 6.07) is 2.34. The summed E-state index contributed by atoms with van der Waals surface area (Å²) in [5, 5.41) is 4.57. The number of fused-ring (bicyclic) bond motifs is 2. The van der Waals surface area contributed by atoms with E-state index >= 15 is 0 Å². The number of anilines is 1. The highest BCUT2D eigenvalue weighted by atomic mass is 35.5. The zero-order valence-electron chi connectivity index (χ0n) is 22.6. The molecule has 1 N–H and O–H groups in total. The number of halogens is 1. The van der Waals surface area contributed by atoms with Gasteiger partial charge in [-0.05, 0) is 65.1 Å². The highest BCUT2D eigenvalue weighted by molar-refractivity contribution is 7.53. The molecule has 11 nitrogen and oxygen atoms in total. The first-order valence-corrected chi connectivity index (χ1v) is 15.5. The molecule has 13 heteroatoms. The highest BCUT2D eigenvalue weighted by Crippen LogP contribution is 2.50. The number of aromatic nitrogens is 3. The zero-order chi connectivity index (χ0) is 27.1. The van der Waals surface area contributed by atoms with Crippen LogP contribution in [0.25, 0.3) is 11.0 Å². The predicted octanol–water partition coefficient (Wildman–Crippen LogP) is 5.49. The normalized spacial score (nSPS) is 28.8. The lowest BCUT2D eigenvalue weighted by molar-refractivity contribution is -0.201. The maximum atomic E-state index is 13.0. The van der Waals surface area contributed by atoms with Gasteiger partial charge in [0.15, 0.2) is 12.0 Å². The zero-order valence-corrected chi connectivity index (χ0v) is 24.2. The third-order valence-electron chi connectivity index (χ3n) is 6.87. The Balaban J connectivity index is 1.36. The molecule has 1 saturated carbocycles. The smallest absolute Gasteiger partial charge is 0.356 e. The fourth-order valence-corrected chi connectivity index (χ4v) is 7.23. The van der Waals surface area contributed by atoms with Crippen LogP contribution in [0.5, 0.6) is 0 Å². The third kappa shape index (κ3) is 6.05. The minimum absolute atomic E-state index is 0.124. The predicted molar refractivity (Wildman–Crippen MR) is 142 cm³/mol. The summed E-state index contributed by atoms with van der Waals surface area (Å²) in [4.78, 5) is 9.00. The number of ether oxygens (including phenoxy) is 4. The van der Waals surface area contributed by atoms with E-state index in [0.717, 1.165) is 24.0 Å². The standard InChI is InChI=1S/C25H38ClN4O7P/c1-6-33-38(31,37-15(2)3)14-32-13-18-19-20(36-25(4,5)35-19)23(34-18)30-12-11-17-21(27-16-9-7-8-10-16)28-24(26)29-22(17)30/h11-12,15-16,18-20,23H,6-10,13-14H2,1-5H3,(H,27,28,29)/t18-,19-,20-,23-,38?/m1/s1. The van der Waals surface area contributed by atoms with E-state index in [9.17, 15) is 4.57 Å². The first-order valence-electron chi connectivity index (χ1n) is 13.4. The Labute approximate surface area is 228 Å². The maximum Gasteiger partial charge on any atom is 0.356 e. The molecular weight excluding hydrogens is 535 g/mol. The summed E-state index contributed by atoms with van der Waals surface area (Å²) < 4.78 is 50.6. The Morgan fingerprint density at radius 1 is 1.24 bits per heavy atom. The van der Waals surface area contributed by atoms with Crippen LogP contribution >= 0.6 is 19.2 Å². The van der Waals surface area contributed by atoms with E-state index in [-0.39, 0.29) is 30.9 Å². The summed E-state index contributed by atoms with van der Waals surface area (Å²) in [7, 11) is -3.40. The molecule has 3 fully saturated rings. The lowest BCUT2D eigenvalue weighted by Crippen LogP contribution is -2.33. The van der Waals surface area contributed by atoms with Crippen LogP contribution in [0.15, 0.2) is 12.3 Å². The van der Waals surface area contributed by atoms with Gasteiger partial charge in [0, 0.05) is 12.2 Å². The second-order valence-electron chi connectivity index (χ2n) is 10.7. The van der Waals surface area contributed by atoms with Crippen LogP contribution in [0.4, 0.5) is 5.82 Å². The van der Waals surface area contributed by atoms with E-state index in [2.05, 4.69) is 15.3 Å². The van der Waals surface area contributed by atoms with Crippen molar-refractivity contribution >= 4 is 36.0 Å². The molecule has 0 spiro atoms. The van der Waals surface area contributed by atoms with Crippen LogP contribution in [0.2, 0.25) is 5.28 Å². The van der Waals surface area contributed by atoms with Crippen molar-refractivity contribution in [3.05, 3.63) is 17.5 Å². The van der Waals surface area contributed by atoms with Crippen LogP contribution in [0, 0.1) is 0 Å². The van der Waals surface area contributed by atoms with Gasteiger partial charge in [-0.15, -0.1) is 0 Å². The molecule has 0 radical (unpaired) electrons. The Hall–Kier alpha value is -1.30. The molecule has 0 bridgehead atoms. The summed E-state index contributed by atoms with van der Waals surface area (Å²) in [6.07, 6.45) is 4.27. The SMILES string of the molecule is CCOP(=O)(COC[C@H]1O[C@@H](n2ccc3c(NC4CCCC4)nc(Cl)nc32)[C@@H]2OC(C)(C)O[C@@H]21)OC(C)C. The van der Waals surface area contributed by atoms with Crippen molar-refractivity contribution in [3.63, 3.8) is 0 Å². The second-order valence-corrected chi connectivity index (χ2v) is 13.0. The Morgan fingerprint density at radius 3 is 2.68 bits per heavy atom. The van der Waals surface area contributed by atoms with Crippen LogP contribution in [0.1, 0.15) is 66.5 Å². The van der Waals surface area contributed by atoms with E-state index in [1.54, 1.807) is 20.8 Å². The van der Waals surface area contributed by atoms with Gasteiger partial charge in [-0.25, -0.2) is 4.98 Å². The fraction of sp³-hybridized carbons (Fsp3) is 0.760. The van der Waals surface area contributed by atoms with Crippen molar-refractivity contribution in [1.82, 2.24) is 14.5 Å². The van der Waals surface area contributed by atoms with Gasteiger partial charge in [0.25, 0.3) is 0 Å². The Bertz CT molecular complexity index is 1170. The van der Waals surface area contributed by atoms with Gasteiger partial charge in [-0.1, -0.05) is 12.8 Å². The minimum atomic E-state index is -3.40. The first kappa shape index (κ1) is 28.2. The number of hydrogen-bond acceptors (Lipinski definition) is 10. The van der Waals surface area contributed by atoms with E-state index in [0.29, 0.717) is 11.7 Å². The van der Waals surface area contributed by atoms with Crippen molar-refractivity contribution in [2.75, 3.05) is 24.9 Å². The van der Waals surface area contributed by atoms with Crippen molar-refractivity contribution < 1.29 is 32.6 Å².